The molecule has 0 bridgehead atoms. The van der Waals surface area contributed by atoms with Crippen molar-refractivity contribution in [2.45, 2.75) is 57.5 Å². The van der Waals surface area contributed by atoms with Crippen LogP contribution in [0.3, 0.4) is 0 Å². The van der Waals surface area contributed by atoms with Crippen LogP contribution in [0, 0.1) is 17.8 Å². The minimum atomic E-state index is -3.04. The Labute approximate surface area is 329 Å². The zero-order valence-corrected chi connectivity index (χ0v) is 33.3. The molecule has 4 aromatic rings. The van der Waals surface area contributed by atoms with E-state index in [0.717, 1.165) is 45.3 Å². The lowest BCUT2D eigenvalue weighted by Crippen LogP contribution is -2.66. The second kappa shape index (κ2) is 16.2. The Morgan fingerprint density at radius 2 is 1.46 bits per heavy atom. The van der Waals surface area contributed by atoms with E-state index in [4.69, 9.17) is 13.8 Å². The maximum Gasteiger partial charge on any atom is 0.455 e. The molecule has 0 spiro atoms. The lowest BCUT2D eigenvalue weighted by atomic mass is 9.58. The van der Waals surface area contributed by atoms with Crippen LogP contribution in [0.2, 0.25) is 11.4 Å². The number of allylic oxidation sites excluding steroid dienone is 1. The van der Waals surface area contributed by atoms with E-state index < -0.39 is 57.2 Å². The van der Waals surface area contributed by atoms with Gasteiger partial charge in [0.2, 0.25) is 11.8 Å². The summed E-state index contributed by atoms with van der Waals surface area (Å²) in [4.78, 5) is 41.5. The number of aromatic hydroxyl groups is 1. The Morgan fingerprint density at radius 3 is 2.04 bits per heavy atom. The summed E-state index contributed by atoms with van der Waals surface area (Å²) in [5.74, 6) is -3.24. The molecule has 2 aliphatic heterocycles. The van der Waals surface area contributed by atoms with Crippen molar-refractivity contribution < 1.29 is 38.3 Å². The van der Waals surface area contributed by atoms with Crippen LogP contribution in [0.25, 0.3) is 11.6 Å². The number of carbonyl (C=O) groups excluding carboxylic acids is 3. The molecule has 4 atom stereocenters. The zero-order valence-electron chi connectivity index (χ0n) is 32.3. The van der Waals surface area contributed by atoms with Crippen LogP contribution in [0.4, 0.5) is 4.79 Å². The number of phenolic OH excluding ortho intramolecular Hbond substituents is 1. The number of ether oxygens (including phenoxy) is 1. The average Bonchev–Trinajstić information content (AvgIpc) is 3.45. The van der Waals surface area contributed by atoms with Gasteiger partial charge in [-0.15, -0.1) is 0 Å². The van der Waals surface area contributed by atoms with Crippen molar-refractivity contribution in [1.82, 2.24) is 4.90 Å². The molecule has 0 aromatic heterocycles. The standard InChI is InChI=1S/C45H48BNO8Si/c1-45(2,3)56(35-16-10-6-11-17-35,36-18-12-7-13-19-36)54-29-33-27-37-41(43(50)47(42(37)49)44(51)53-4)38-28-46(52)55-39(40(33)38)25-22-32(31-14-8-5-9-15-31)26-30-20-23-34(48)24-21-30/h5-21,23-24,26,37-39,41,48,52H,22,25,27-29H2,1-4H3/b32-26-/t37-,38+,39-,41-/m1/s1. The monoisotopic (exact) mass is 769 g/mol. The average molecular weight is 770 g/mol. The Bertz CT molecular complexity index is 2080. The number of rotatable bonds is 10. The number of nitrogens with zero attached hydrogens (tertiary/aromatic N) is 1. The molecule has 9 nitrogen and oxygen atoms in total. The molecular weight excluding hydrogens is 721 g/mol. The number of likely N-dealkylation sites (tertiary alicyclic amines) is 1. The van der Waals surface area contributed by atoms with Gasteiger partial charge in [-0.1, -0.05) is 130 Å². The molecule has 2 saturated heterocycles. The van der Waals surface area contributed by atoms with E-state index in [0.29, 0.717) is 17.7 Å². The van der Waals surface area contributed by atoms with E-state index in [1.165, 1.54) is 0 Å². The topological polar surface area (TPSA) is 123 Å². The van der Waals surface area contributed by atoms with Gasteiger partial charge >= 0.3 is 13.2 Å². The first-order chi connectivity index (χ1) is 26.9. The number of amides is 3. The predicted molar refractivity (Wildman–Crippen MR) is 219 cm³/mol. The van der Waals surface area contributed by atoms with Gasteiger partial charge in [-0.3, -0.25) is 9.59 Å². The lowest BCUT2D eigenvalue weighted by molar-refractivity contribution is -0.137. The smallest absolute Gasteiger partial charge is 0.455 e. The summed E-state index contributed by atoms with van der Waals surface area (Å²) in [6, 6.07) is 37.7. The summed E-state index contributed by atoms with van der Waals surface area (Å²) in [5, 5.41) is 23.1. The predicted octanol–water partition coefficient (Wildman–Crippen LogP) is 6.85. The minimum Gasteiger partial charge on any atom is -0.508 e. The first-order valence-corrected chi connectivity index (χ1v) is 21.1. The Balaban J connectivity index is 1.32. The van der Waals surface area contributed by atoms with Crippen molar-refractivity contribution in [3.05, 3.63) is 138 Å². The molecule has 56 heavy (non-hydrogen) atoms. The van der Waals surface area contributed by atoms with Crippen molar-refractivity contribution in [2.75, 3.05) is 13.7 Å². The molecule has 7 rings (SSSR count). The van der Waals surface area contributed by atoms with Gasteiger partial charge in [-0.25, -0.2) is 4.79 Å². The number of carbonyl (C=O) groups is 3. The van der Waals surface area contributed by atoms with E-state index in [9.17, 15) is 24.5 Å². The molecular formula is C45H48BNO8Si. The quantitative estimate of drug-likeness (QED) is 0.0778. The maximum absolute atomic E-state index is 14.0. The van der Waals surface area contributed by atoms with E-state index >= 15 is 0 Å². The van der Waals surface area contributed by atoms with Crippen molar-refractivity contribution in [3.8, 4) is 5.75 Å². The molecule has 2 N–H and O–H groups in total. The second-order valence-corrected chi connectivity index (χ2v) is 20.2. The Morgan fingerprint density at radius 1 is 0.875 bits per heavy atom. The van der Waals surface area contributed by atoms with Gasteiger partial charge in [-0.2, -0.15) is 4.90 Å². The highest BCUT2D eigenvalue weighted by Crippen LogP contribution is 2.51. The summed E-state index contributed by atoms with van der Waals surface area (Å²) in [6.07, 6.45) is 1.79. The summed E-state index contributed by atoms with van der Waals surface area (Å²) < 4.78 is 18.7. The number of benzene rings is 4. The van der Waals surface area contributed by atoms with Crippen molar-refractivity contribution >= 4 is 55.4 Å². The molecule has 2 heterocycles. The number of fused-ring (bicyclic) bond motifs is 3. The van der Waals surface area contributed by atoms with Crippen LogP contribution in [0.15, 0.2) is 126 Å². The van der Waals surface area contributed by atoms with E-state index in [-0.39, 0.29) is 30.1 Å². The molecule has 1 aliphatic carbocycles. The highest BCUT2D eigenvalue weighted by molar-refractivity contribution is 6.99. The van der Waals surface area contributed by atoms with Gasteiger partial charge in [0.15, 0.2) is 0 Å². The molecule has 288 valence electrons. The molecule has 0 saturated carbocycles. The molecule has 2 fully saturated rings. The summed E-state index contributed by atoms with van der Waals surface area (Å²) >= 11 is 0. The number of hydrogen-bond donors (Lipinski definition) is 2. The van der Waals surface area contributed by atoms with Crippen molar-refractivity contribution in [2.24, 2.45) is 17.8 Å². The second-order valence-electron chi connectivity index (χ2n) is 15.9. The Kier molecular flexibility index (Phi) is 11.3. The third-order valence-corrected chi connectivity index (χ3v) is 16.6. The van der Waals surface area contributed by atoms with Gasteiger partial charge in [-0.05, 0) is 86.9 Å². The van der Waals surface area contributed by atoms with Crippen LogP contribution >= 0.6 is 0 Å². The number of hydrogen-bond acceptors (Lipinski definition) is 8. The van der Waals surface area contributed by atoms with E-state index in [2.05, 4.69) is 51.1 Å². The summed E-state index contributed by atoms with van der Waals surface area (Å²) in [6.45, 7) is 6.79. The summed E-state index contributed by atoms with van der Waals surface area (Å²) in [7, 11) is -3.08. The highest BCUT2D eigenvalue weighted by atomic mass is 28.4. The van der Waals surface area contributed by atoms with Crippen LogP contribution in [0.1, 0.15) is 51.2 Å². The van der Waals surface area contributed by atoms with Crippen LogP contribution in [-0.2, 0) is 23.4 Å². The largest absolute Gasteiger partial charge is 0.508 e. The first kappa shape index (κ1) is 39.2. The van der Waals surface area contributed by atoms with Gasteiger partial charge in [0.1, 0.15) is 5.75 Å². The van der Waals surface area contributed by atoms with Gasteiger partial charge in [0.25, 0.3) is 8.32 Å². The summed E-state index contributed by atoms with van der Waals surface area (Å²) in [5.41, 5.74) is 4.69. The normalized spacial score (nSPS) is 21.6. The fourth-order valence-corrected chi connectivity index (χ4v) is 13.7. The number of phenols is 1. The molecule has 4 aromatic carbocycles. The van der Waals surface area contributed by atoms with Crippen molar-refractivity contribution in [3.63, 3.8) is 0 Å². The highest BCUT2D eigenvalue weighted by Gasteiger charge is 2.60. The molecule has 3 amide bonds. The van der Waals surface area contributed by atoms with Crippen LogP contribution in [-0.4, -0.2) is 68.2 Å². The van der Waals surface area contributed by atoms with Crippen LogP contribution < -0.4 is 10.4 Å². The zero-order chi connectivity index (χ0) is 39.6. The minimum absolute atomic E-state index is 0.0959. The first-order valence-electron chi connectivity index (χ1n) is 19.2. The Hall–Kier alpha value is -5.07. The lowest BCUT2D eigenvalue weighted by Gasteiger charge is -2.46. The van der Waals surface area contributed by atoms with E-state index in [1.54, 1.807) is 12.1 Å². The third-order valence-electron chi connectivity index (χ3n) is 11.6. The van der Waals surface area contributed by atoms with E-state index in [1.807, 2.05) is 78.9 Å². The number of imide groups is 3. The fourth-order valence-electron chi connectivity index (χ4n) is 9.14. The molecule has 11 heteroatoms. The number of methoxy groups -OCH3 is 1. The molecule has 0 unspecified atom stereocenters. The maximum atomic E-state index is 14.0. The molecule has 0 radical (unpaired) electrons. The van der Waals surface area contributed by atoms with Gasteiger partial charge < -0.3 is 23.9 Å². The third kappa shape index (κ3) is 7.44. The van der Waals surface area contributed by atoms with Crippen molar-refractivity contribution in [1.29, 1.82) is 0 Å². The SMILES string of the molecule is COC(=O)N1C(=O)[C@@H]2[C@@H](CC(CO[Si](c3ccccc3)(c3ccccc3)C(C)(C)C)=C3[C@@H](CC/C(=C/c4ccc(O)cc4)c4ccccc4)OB(O)C[C@@H]32)C1=O. The van der Waals surface area contributed by atoms with Gasteiger partial charge in [0, 0.05) is 0 Å². The van der Waals surface area contributed by atoms with Crippen LogP contribution in [0.5, 0.6) is 5.75 Å². The fraction of sp³-hybridized carbons (Fsp3) is 0.311. The molecule has 3 aliphatic rings. The van der Waals surface area contributed by atoms with Gasteiger partial charge in [0.05, 0.1) is 31.7 Å².